The molecule has 3 nitrogen and oxygen atoms in total. The van der Waals surface area contributed by atoms with Gasteiger partial charge < -0.3 is 0 Å². The predicted octanol–water partition coefficient (Wildman–Crippen LogP) is 2.26. The van der Waals surface area contributed by atoms with Crippen molar-refractivity contribution in [2.45, 2.75) is 54.4 Å². The van der Waals surface area contributed by atoms with Crippen LogP contribution in [0.2, 0.25) is 0 Å². The molecule has 1 aliphatic heterocycles. The number of hydrogen-bond donors (Lipinski definition) is 0. The van der Waals surface area contributed by atoms with E-state index in [4.69, 9.17) is 0 Å². The Labute approximate surface area is 117 Å². The predicted molar refractivity (Wildman–Crippen MR) is 63.8 cm³/mol. The van der Waals surface area contributed by atoms with Gasteiger partial charge in [0.25, 0.3) is 10.1 Å². The normalized spacial score (nSPS) is 46.5. The van der Waals surface area contributed by atoms with Gasteiger partial charge in [-0.2, -0.15) is 8.42 Å². The van der Waals surface area contributed by atoms with Crippen molar-refractivity contribution >= 4 is 21.9 Å². The average molecular weight is 340 g/mol. The number of hydrogen-bond acceptors (Lipinski definition) is 4. The van der Waals surface area contributed by atoms with Crippen LogP contribution in [0.4, 0.5) is 22.0 Å². The van der Waals surface area contributed by atoms with Gasteiger partial charge in [-0.1, -0.05) is 0 Å². The Hall–Kier alpha value is -0.0900. The molecule has 20 heavy (non-hydrogen) atoms. The maximum absolute atomic E-state index is 13.5. The van der Waals surface area contributed by atoms with Crippen molar-refractivity contribution in [1.29, 1.82) is 0 Å². The van der Waals surface area contributed by atoms with Crippen LogP contribution in [-0.2, 0) is 14.3 Å². The molecule has 2 fully saturated rings. The van der Waals surface area contributed by atoms with E-state index in [2.05, 4.69) is 4.18 Å². The Morgan fingerprint density at radius 1 is 0.900 bits per heavy atom. The molecule has 0 aromatic heterocycles. The smallest absolute Gasteiger partial charge is 0.259 e. The first kappa shape index (κ1) is 16.3. The molecule has 2 aliphatic rings. The first-order chi connectivity index (χ1) is 9.25. The van der Waals surface area contributed by atoms with Crippen LogP contribution in [0.1, 0.15) is 12.8 Å². The Balaban J connectivity index is 2.14. The molecule has 0 spiro atoms. The zero-order valence-corrected chi connectivity index (χ0v) is 11.7. The van der Waals surface area contributed by atoms with Crippen LogP contribution in [0.3, 0.4) is 0 Å². The van der Waals surface area contributed by atoms with Gasteiger partial charge in [0, 0.05) is 0 Å². The van der Waals surface area contributed by atoms with E-state index >= 15 is 0 Å². The van der Waals surface area contributed by atoms with Crippen LogP contribution in [-0.4, -0.2) is 55.7 Å². The van der Waals surface area contributed by atoms with Crippen molar-refractivity contribution in [2.24, 2.45) is 0 Å². The largest absolute Gasteiger partial charge is 0.280 e. The zero-order valence-electron chi connectivity index (χ0n) is 10.1. The van der Waals surface area contributed by atoms with Crippen LogP contribution >= 0.6 is 11.8 Å². The lowest BCUT2D eigenvalue weighted by atomic mass is 9.89. The third-order valence-electron chi connectivity index (χ3n) is 3.30. The molecule has 1 saturated carbocycles. The number of alkyl halides is 5. The minimum absolute atomic E-state index is 0.234. The minimum atomic E-state index is -4.36. The quantitative estimate of drug-likeness (QED) is 0.584. The van der Waals surface area contributed by atoms with Crippen molar-refractivity contribution < 1.29 is 34.6 Å². The van der Waals surface area contributed by atoms with E-state index in [1.165, 1.54) is 0 Å². The van der Waals surface area contributed by atoms with Gasteiger partial charge in [0.1, 0.15) is 10.7 Å². The number of rotatable bonds is 3. The van der Waals surface area contributed by atoms with Gasteiger partial charge in [-0.3, -0.25) is 4.18 Å². The second-order valence-electron chi connectivity index (χ2n) is 4.72. The third kappa shape index (κ3) is 2.92. The highest BCUT2D eigenvalue weighted by molar-refractivity contribution is 8.12. The van der Waals surface area contributed by atoms with Gasteiger partial charge in [0.05, 0.1) is 0 Å². The summed E-state index contributed by atoms with van der Waals surface area (Å²) in [7, 11) is -4.36. The Morgan fingerprint density at radius 3 is 1.85 bits per heavy atom. The fraction of sp³-hybridized carbons (Fsp3) is 1.00. The van der Waals surface area contributed by atoms with Gasteiger partial charge in [-0.25, -0.2) is 22.0 Å². The van der Waals surface area contributed by atoms with E-state index in [1.54, 1.807) is 0 Å². The molecule has 0 aromatic carbocycles. The van der Waals surface area contributed by atoms with Gasteiger partial charge in [0.15, 0.2) is 30.9 Å². The van der Waals surface area contributed by atoms with Gasteiger partial charge in [-0.15, -0.1) is 11.8 Å². The highest BCUT2D eigenvalue weighted by Gasteiger charge is 2.56. The van der Waals surface area contributed by atoms with Gasteiger partial charge in [0.2, 0.25) is 0 Å². The standard InChI is InChI=1S/C10H13F5O3S2/c11-5-6(12)8(14)10(9(15)7(5)13)18-20(16,17)4-2-1-3-19-4/h4-10H,1-3H2. The summed E-state index contributed by atoms with van der Waals surface area (Å²) in [6.07, 6.45) is -16.3. The summed E-state index contributed by atoms with van der Waals surface area (Å²) in [5, 5.41) is 0. The Kier molecular flexibility index (Phi) is 4.85. The van der Waals surface area contributed by atoms with E-state index in [9.17, 15) is 30.4 Å². The van der Waals surface area contributed by atoms with Crippen molar-refractivity contribution in [3.63, 3.8) is 0 Å². The maximum Gasteiger partial charge on any atom is 0.280 e. The van der Waals surface area contributed by atoms with Crippen LogP contribution in [0.15, 0.2) is 0 Å². The first-order valence-electron chi connectivity index (χ1n) is 6.00. The fourth-order valence-corrected chi connectivity index (χ4v) is 5.29. The molecular weight excluding hydrogens is 327 g/mol. The molecule has 0 aromatic rings. The summed E-state index contributed by atoms with van der Waals surface area (Å²) in [6.45, 7) is 0. The summed E-state index contributed by atoms with van der Waals surface area (Å²) >= 11 is 1.02. The Morgan fingerprint density at radius 2 is 1.40 bits per heavy atom. The summed E-state index contributed by atoms with van der Waals surface area (Å²) in [4.78, 5) is 0. The van der Waals surface area contributed by atoms with Crippen LogP contribution in [0.25, 0.3) is 0 Å². The summed E-state index contributed by atoms with van der Waals surface area (Å²) < 4.78 is 93.2. The molecule has 10 heteroatoms. The highest BCUT2D eigenvalue weighted by atomic mass is 32.3. The van der Waals surface area contributed by atoms with Crippen LogP contribution in [0, 0.1) is 0 Å². The molecule has 0 radical (unpaired) electrons. The number of thioether (sulfide) groups is 1. The van der Waals surface area contributed by atoms with Gasteiger partial charge in [-0.05, 0) is 18.6 Å². The van der Waals surface area contributed by atoms with Gasteiger partial charge >= 0.3 is 0 Å². The molecule has 0 amide bonds. The van der Waals surface area contributed by atoms with E-state index in [1.807, 2.05) is 0 Å². The Bertz CT molecular complexity index is 426. The van der Waals surface area contributed by atoms with E-state index < -0.39 is 51.7 Å². The maximum atomic E-state index is 13.5. The number of halogens is 5. The third-order valence-corrected chi connectivity index (χ3v) is 6.92. The molecule has 0 bridgehead atoms. The molecule has 0 N–H and O–H groups in total. The highest BCUT2D eigenvalue weighted by Crippen LogP contribution is 2.37. The van der Waals surface area contributed by atoms with E-state index in [0.29, 0.717) is 12.2 Å². The minimum Gasteiger partial charge on any atom is -0.259 e. The molecule has 2 rings (SSSR count). The summed E-state index contributed by atoms with van der Waals surface area (Å²) in [5.41, 5.74) is 0. The molecule has 118 valence electrons. The van der Waals surface area contributed by atoms with Crippen molar-refractivity contribution in [2.75, 3.05) is 5.75 Å². The van der Waals surface area contributed by atoms with Crippen molar-refractivity contribution in [1.82, 2.24) is 0 Å². The monoisotopic (exact) mass is 340 g/mol. The molecule has 5 unspecified atom stereocenters. The molecule has 1 heterocycles. The lowest BCUT2D eigenvalue weighted by molar-refractivity contribution is -0.113. The van der Waals surface area contributed by atoms with Crippen molar-refractivity contribution in [3.8, 4) is 0 Å². The van der Waals surface area contributed by atoms with E-state index in [-0.39, 0.29) is 6.42 Å². The lowest BCUT2D eigenvalue weighted by Crippen LogP contribution is -2.58. The molecule has 1 aliphatic carbocycles. The topological polar surface area (TPSA) is 43.4 Å². The molecule has 5 atom stereocenters. The molecule has 1 saturated heterocycles. The van der Waals surface area contributed by atoms with Crippen LogP contribution < -0.4 is 0 Å². The van der Waals surface area contributed by atoms with Crippen molar-refractivity contribution in [3.05, 3.63) is 0 Å². The molecular formula is C10H13F5O3S2. The average Bonchev–Trinajstić information content (AvgIpc) is 2.94. The first-order valence-corrected chi connectivity index (χ1v) is 8.52. The van der Waals surface area contributed by atoms with E-state index in [0.717, 1.165) is 11.8 Å². The second-order valence-corrected chi connectivity index (χ2v) is 8.07. The summed E-state index contributed by atoms with van der Waals surface area (Å²) in [5.74, 6) is 0.542. The lowest BCUT2D eigenvalue weighted by Gasteiger charge is -2.35. The SMILES string of the molecule is O=S(=O)(OC1C(F)C(F)C(F)C(F)C1F)C1CCCS1. The fourth-order valence-electron chi connectivity index (χ4n) is 2.16. The zero-order chi connectivity index (χ0) is 15.1. The van der Waals surface area contributed by atoms with Crippen LogP contribution in [0.5, 0.6) is 0 Å². The summed E-state index contributed by atoms with van der Waals surface area (Å²) in [6, 6.07) is 0. The second kappa shape index (κ2) is 5.96.